The summed E-state index contributed by atoms with van der Waals surface area (Å²) in [5, 5.41) is 1.42. The molecule has 2 aliphatic heterocycles. The monoisotopic (exact) mass is 370 g/mol. The molecule has 5 rings (SSSR count). The molecule has 2 nitrogen and oxygen atoms in total. The van der Waals surface area contributed by atoms with Gasteiger partial charge in [-0.1, -0.05) is 23.2 Å². The van der Waals surface area contributed by atoms with Crippen LogP contribution in [0.3, 0.4) is 0 Å². The molecule has 0 radical (unpaired) electrons. The zero-order valence-electron chi connectivity index (χ0n) is 13.5. The Morgan fingerprint density at radius 2 is 1.20 bits per heavy atom. The highest BCUT2D eigenvalue weighted by molar-refractivity contribution is 6.31. The second-order valence-corrected chi connectivity index (χ2v) is 7.60. The Bertz CT molecular complexity index is 865. The van der Waals surface area contributed by atoms with Crippen LogP contribution in [-0.4, -0.2) is 5.79 Å². The lowest BCUT2D eigenvalue weighted by atomic mass is 9.88. The summed E-state index contributed by atoms with van der Waals surface area (Å²) in [5.41, 5.74) is 4.35. The Labute approximate surface area is 156 Å². The van der Waals surface area contributed by atoms with Crippen molar-refractivity contribution in [3.05, 3.63) is 68.7 Å². The first-order chi connectivity index (χ1) is 12.1. The fourth-order valence-electron chi connectivity index (χ4n) is 3.92. The van der Waals surface area contributed by atoms with Crippen molar-refractivity contribution in [2.45, 2.75) is 31.5 Å². The van der Waals surface area contributed by atoms with E-state index in [9.17, 15) is 0 Å². The zero-order valence-corrected chi connectivity index (χ0v) is 15.0. The minimum absolute atomic E-state index is 0.712. The van der Waals surface area contributed by atoms with Crippen molar-refractivity contribution >= 4 is 35.4 Å². The molecule has 3 aliphatic rings. The van der Waals surface area contributed by atoms with E-state index in [0.29, 0.717) is 10.0 Å². The minimum Gasteiger partial charge on any atom is -0.444 e. The highest BCUT2D eigenvalue weighted by Crippen LogP contribution is 2.50. The van der Waals surface area contributed by atoms with Gasteiger partial charge in [-0.05, 0) is 74.2 Å². The molecule has 1 saturated carbocycles. The number of benzene rings is 2. The van der Waals surface area contributed by atoms with Gasteiger partial charge < -0.3 is 9.47 Å². The van der Waals surface area contributed by atoms with Gasteiger partial charge in [0, 0.05) is 32.3 Å². The highest BCUT2D eigenvalue weighted by atomic mass is 35.5. The topological polar surface area (TPSA) is 18.5 Å². The minimum atomic E-state index is -0.835. The molecule has 0 unspecified atom stereocenters. The van der Waals surface area contributed by atoms with Gasteiger partial charge >= 0.3 is 0 Å². The van der Waals surface area contributed by atoms with Crippen molar-refractivity contribution in [2.75, 3.05) is 0 Å². The maximum absolute atomic E-state index is 6.50. The van der Waals surface area contributed by atoms with Crippen LogP contribution in [0.15, 0.2) is 47.5 Å². The third-order valence-electron chi connectivity index (χ3n) is 5.10. The van der Waals surface area contributed by atoms with E-state index in [0.717, 1.165) is 59.5 Å². The van der Waals surface area contributed by atoms with Crippen LogP contribution in [0.5, 0.6) is 11.5 Å². The zero-order chi connectivity index (χ0) is 17.0. The molecular formula is C21H16Cl2O2. The van der Waals surface area contributed by atoms with E-state index in [1.807, 2.05) is 36.4 Å². The van der Waals surface area contributed by atoms with Crippen molar-refractivity contribution in [3.8, 4) is 11.5 Å². The summed E-state index contributed by atoms with van der Waals surface area (Å²) in [6, 6.07) is 11.4. The van der Waals surface area contributed by atoms with Crippen LogP contribution < -0.4 is 9.47 Å². The molecule has 0 aromatic heterocycles. The summed E-state index contributed by atoms with van der Waals surface area (Å²) < 4.78 is 13.0. The van der Waals surface area contributed by atoms with E-state index >= 15 is 0 Å². The van der Waals surface area contributed by atoms with E-state index in [1.54, 1.807) is 0 Å². The fourth-order valence-corrected chi connectivity index (χ4v) is 4.28. The Kier molecular flexibility index (Phi) is 3.41. The summed E-state index contributed by atoms with van der Waals surface area (Å²) in [4.78, 5) is 0. The maximum atomic E-state index is 6.50. The Balaban J connectivity index is 1.70. The van der Waals surface area contributed by atoms with Crippen LogP contribution in [0.25, 0.3) is 12.2 Å². The Morgan fingerprint density at radius 3 is 1.68 bits per heavy atom. The van der Waals surface area contributed by atoms with Crippen LogP contribution >= 0.6 is 23.2 Å². The van der Waals surface area contributed by atoms with Crippen LogP contribution in [0.4, 0.5) is 0 Å². The molecule has 2 aromatic carbocycles. The van der Waals surface area contributed by atoms with Gasteiger partial charge in [-0.25, -0.2) is 0 Å². The average molecular weight is 371 g/mol. The van der Waals surface area contributed by atoms with Crippen LogP contribution in [0.1, 0.15) is 36.8 Å². The van der Waals surface area contributed by atoms with E-state index < -0.39 is 5.79 Å². The first-order valence-electron chi connectivity index (χ1n) is 8.53. The lowest BCUT2D eigenvalue weighted by molar-refractivity contribution is -0.0542. The average Bonchev–Trinajstić information content (AvgIpc) is 2.76. The van der Waals surface area contributed by atoms with Crippen molar-refractivity contribution in [2.24, 2.45) is 0 Å². The lowest BCUT2D eigenvalue weighted by Crippen LogP contribution is -2.48. The van der Waals surface area contributed by atoms with Gasteiger partial charge in [0.05, 0.1) is 0 Å². The van der Waals surface area contributed by atoms with E-state index in [1.165, 1.54) is 0 Å². The first kappa shape index (κ1) is 15.4. The summed E-state index contributed by atoms with van der Waals surface area (Å²) in [6.07, 6.45) is 8.50. The molecule has 0 N–H and O–H groups in total. The molecule has 25 heavy (non-hydrogen) atoms. The first-order valence-corrected chi connectivity index (χ1v) is 9.29. The molecule has 0 bridgehead atoms. The van der Waals surface area contributed by atoms with Gasteiger partial charge in [-0.15, -0.1) is 0 Å². The molecular weight excluding hydrogens is 355 g/mol. The standard InChI is InChI=1S/C21H16Cl2O2/c22-17-5-7-19-13(11-17)9-15-3-1-2-4-16-10-14-12-18(23)6-8-20(14)25-21(15,16)24-19/h5-12H,1-4H2. The second-order valence-electron chi connectivity index (χ2n) is 6.73. The molecule has 0 atom stereocenters. The smallest absolute Gasteiger partial charge is 0.297 e. The Morgan fingerprint density at radius 1 is 0.720 bits per heavy atom. The number of ether oxygens (including phenoxy) is 2. The number of halogens is 2. The number of hydrogen-bond donors (Lipinski definition) is 0. The Hall–Kier alpha value is -1.90. The molecule has 0 saturated heterocycles. The van der Waals surface area contributed by atoms with Gasteiger partial charge in [0.25, 0.3) is 5.79 Å². The van der Waals surface area contributed by atoms with Crippen LogP contribution in [0, 0.1) is 0 Å². The van der Waals surface area contributed by atoms with E-state index in [-0.39, 0.29) is 0 Å². The lowest BCUT2D eigenvalue weighted by Gasteiger charge is -2.42. The predicted octanol–water partition coefficient (Wildman–Crippen LogP) is 6.52. The predicted molar refractivity (Wildman–Crippen MR) is 101 cm³/mol. The van der Waals surface area contributed by atoms with Gasteiger partial charge in [0.2, 0.25) is 0 Å². The summed E-state index contributed by atoms with van der Waals surface area (Å²) in [7, 11) is 0. The van der Waals surface area contributed by atoms with Crippen molar-refractivity contribution in [1.82, 2.24) is 0 Å². The van der Waals surface area contributed by atoms with Gasteiger partial charge in [0.1, 0.15) is 11.5 Å². The van der Waals surface area contributed by atoms with Crippen molar-refractivity contribution in [3.63, 3.8) is 0 Å². The largest absolute Gasteiger partial charge is 0.444 e. The highest BCUT2D eigenvalue weighted by Gasteiger charge is 2.48. The van der Waals surface area contributed by atoms with E-state index in [2.05, 4.69) is 12.2 Å². The molecule has 2 heterocycles. The normalized spacial score (nSPS) is 19.6. The molecule has 0 amide bonds. The van der Waals surface area contributed by atoms with Crippen LogP contribution in [0.2, 0.25) is 10.0 Å². The summed E-state index contributed by atoms with van der Waals surface area (Å²) >= 11 is 12.3. The van der Waals surface area contributed by atoms with Gasteiger partial charge in [-0.2, -0.15) is 0 Å². The third kappa shape index (κ3) is 2.39. The van der Waals surface area contributed by atoms with E-state index in [4.69, 9.17) is 32.7 Å². The van der Waals surface area contributed by atoms with Gasteiger partial charge in [-0.3, -0.25) is 0 Å². The molecule has 2 aromatic rings. The van der Waals surface area contributed by atoms with Gasteiger partial charge in [0.15, 0.2) is 0 Å². The number of hydrogen-bond acceptors (Lipinski definition) is 2. The van der Waals surface area contributed by atoms with Crippen LogP contribution in [-0.2, 0) is 0 Å². The van der Waals surface area contributed by atoms with Crippen molar-refractivity contribution < 1.29 is 9.47 Å². The molecule has 1 aliphatic carbocycles. The summed E-state index contributed by atoms with van der Waals surface area (Å²) in [6.45, 7) is 0. The molecule has 126 valence electrons. The number of rotatable bonds is 0. The molecule has 1 spiro atoms. The summed E-state index contributed by atoms with van der Waals surface area (Å²) in [5.74, 6) is 0.773. The van der Waals surface area contributed by atoms with Crippen molar-refractivity contribution in [1.29, 1.82) is 0 Å². The molecule has 1 fully saturated rings. The number of fused-ring (bicyclic) bond motifs is 2. The third-order valence-corrected chi connectivity index (χ3v) is 5.57. The quantitative estimate of drug-likeness (QED) is 0.525. The fraction of sp³-hybridized carbons (Fsp3) is 0.238. The molecule has 4 heteroatoms. The maximum Gasteiger partial charge on any atom is 0.297 e. The second kappa shape index (κ2) is 5.55. The SMILES string of the molecule is Clc1ccc2c(c1)C=C1CCCCC3=Cc4cc(Cl)ccc4OC13O2.